The van der Waals surface area contributed by atoms with Crippen LogP contribution in [-0.4, -0.2) is 70.3 Å². The van der Waals surface area contributed by atoms with Gasteiger partial charge in [-0.25, -0.2) is 4.98 Å². The van der Waals surface area contributed by atoms with Crippen molar-refractivity contribution in [1.82, 2.24) is 25.1 Å². The van der Waals surface area contributed by atoms with Crippen molar-refractivity contribution >= 4 is 17.5 Å². The minimum Gasteiger partial charge on any atom is -0.356 e. The summed E-state index contributed by atoms with van der Waals surface area (Å²) in [5, 5.41) is 3.19. The molecule has 0 aliphatic carbocycles. The van der Waals surface area contributed by atoms with Gasteiger partial charge < -0.3 is 15.2 Å². The predicted octanol–water partition coefficient (Wildman–Crippen LogP) is 1.46. The van der Waals surface area contributed by atoms with E-state index in [0.29, 0.717) is 19.1 Å². The molecule has 6 rings (SSSR count). The molecule has 0 radical (unpaired) electrons. The zero-order valence-corrected chi connectivity index (χ0v) is 18.3. The molecule has 4 aliphatic rings. The van der Waals surface area contributed by atoms with Gasteiger partial charge in [-0.05, 0) is 38.3 Å². The van der Waals surface area contributed by atoms with Crippen molar-refractivity contribution in [1.29, 1.82) is 0 Å². The number of nitrogens with one attached hydrogen (secondary N) is 2. The maximum absolute atomic E-state index is 14.3. The summed E-state index contributed by atoms with van der Waals surface area (Å²) in [6, 6.07) is 8.46. The number of anilines is 1. The van der Waals surface area contributed by atoms with Gasteiger partial charge in [-0.1, -0.05) is 18.2 Å². The molecule has 3 atom stereocenters. The Bertz CT molecular complexity index is 1020. The number of rotatable bonds is 2. The van der Waals surface area contributed by atoms with Crippen LogP contribution in [0.25, 0.3) is 0 Å². The lowest BCUT2D eigenvalue weighted by molar-refractivity contribution is -0.139. The average Bonchev–Trinajstić information content (AvgIpc) is 3.56. The van der Waals surface area contributed by atoms with E-state index in [-0.39, 0.29) is 17.7 Å². The van der Waals surface area contributed by atoms with Gasteiger partial charge >= 0.3 is 0 Å². The number of nitrogens with zero attached hydrogens (tertiary/aromatic N) is 4. The normalized spacial score (nSPS) is 30.9. The molecule has 1 aromatic heterocycles. The second kappa shape index (κ2) is 7.71. The van der Waals surface area contributed by atoms with Crippen molar-refractivity contribution in [3.63, 3.8) is 0 Å². The Morgan fingerprint density at radius 2 is 2.00 bits per heavy atom. The third-order valence-corrected chi connectivity index (χ3v) is 7.87. The number of imidazole rings is 1. The van der Waals surface area contributed by atoms with Crippen LogP contribution in [0.3, 0.4) is 0 Å². The summed E-state index contributed by atoms with van der Waals surface area (Å²) in [6.07, 6.45) is 7.36. The van der Waals surface area contributed by atoms with Gasteiger partial charge in [0.2, 0.25) is 5.91 Å². The fraction of sp³-hybridized carbons (Fsp3) is 0.542. The third-order valence-electron chi connectivity index (χ3n) is 7.87. The fourth-order valence-corrected chi connectivity index (χ4v) is 6.54. The number of benzene rings is 1. The molecule has 5 heterocycles. The van der Waals surface area contributed by atoms with E-state index in [1.54, 1.807) is 6.33 Å². The highest BCUT2D eigenvalue weighted by atomic mass is 16.2. The first-order valence-corrected chi connectivity index (χ1v) is 11.8. The quantitative estimate of drug-likeness (QED) is 0.748. The highest BCUT2D eigenvalue weighted by molar-refractivity contribution is 6.10. The molecule has 1 spiro atoms. The van der Waals surface area contributed by atoms with Crippen molar-refractivity contribution in [2.45, 2.75) is 43.8 Å². The molecule has 2 aromatic rings. The van der Waals surface area contributed by atoms with Gasteiger partial charge in [0.15, 0.2) is 0 Å². The van der Waals surface area contributed by atoms with Gasteiger partial charge in [-0.15, -0.1) is 0 Å². The van der Waals surface area contributed by atoms with E-state index in [2.05, 4.69) is 37.2 Å². The Labute approximate surface area is 188 Å². The van der Waals surface area contributed by atoms with Crippen molar-refractivity contribution in [2.75, 3.05) is 37.6 Å². The highest BCUT2D eigenvalue weighted by Gasteiger charge is 2.67. The van der Waals surface area contributed by atoms with Crippen molar-refractivity contribution < 1.29 is 9.59 Å². The number of fused-ring (bicyclic) bond motifs is 4. The molecule has 1 aromatic carbocycles. The molecule has 2 bridgehead atoms. The molecular formula is C24H30N6O2. The number of hydrogen-bond acceptors (Lipinski definition) is 5. The monoisotopic (exact) mass is 434 g/mol. The lowest BCUT2D eigenvalue weighted by Gasteiger charge is -2.37. The van der Waals surface area contributed by atoms with Crippen molar-refractivity contribution in [3.05, 3.63) is 48.0 Å². The summed E-state index contributed by atoms with van der Waals surface area (Å²) in [5.74, 6) is -0.206. The summed E-state index contributed by atoms with van der Waals surface area (Å²) in [6.45, 7) is 4.52. The lowest BCUT2D eigenvalue weighted by Crippen LogP contribution is -2.57. The van der Waals surface area contributed by atoms with Gasteiger partial charge in [-0.2, -0.15) is 0 Å². The third kappa shape index (κ3) is 2.85. The smallest absolute Gasteiger partial charge is 0.253 e. The van der Waals surface area contributed by atoms with Crippen LogP contribution < -0.4 is 10.2 Å². The maximum Gasteiger partial charge on any atom is 0.253 e. The molecule has 3 fully saturated rings. The van der Waals surface area contributed by atoms with E-state index >= 15 is 0 Å². The van der Waals surface area contributed by atoms with E-state index in [9.17, 15) is 9.59 Å². The van der Waals surface area contributed by atoms with Gasteiger partial charge in [0.25, 0.3) is 5.91 Å². The molecule has 2 N–H and O–H groups in total. The molecule has 2 amide bonds. The van der Waals surface area contributed by atoms with Gasteiger partial charge in [0.05, 0.1) is 12.2 Å². The Kier molecular flexibility index (Phi) is 4.80. The van der Waals surface area contributed by atoms with E-state index in [0.717, 1.165) is 68.8 Å². The second-order valence-corrected chi connectivity index (χ2v) is 9.52. The van der Waals surface area contributed by atoms with Crippen LogP contribution in [0.1, 0.15) is 36.9 Å². The van der Waals surface area contributed by atoms with Crippen LogP contribution in [0.5, 0.6) is 0 Å². The van der Waals surface area contributed by atoms with Crippen LogP contribution in [0.15, 0.2) is 36.8 Å². The topological polar surface area (TPSA) is 84.6 Å². The molecule has 4 aliphatic heterocycles. The largest absolute Gasteiger partial charge is 0.356 e. The molecular weight excluding hydrogens is 404 g/mol. The number of carbonyl (C=O) groups excluding carboxylic acids is 2. The molecule has 8 heteroatoms. The zero-order chi connectivity index (χ0) is 21.7. The van der Waals surface area contributed by atoms with Crippen LogP contribution in [0.2, 0.25) is 0 Å². The molecule has 3 saturated heterocycles. The number of aromatic amines is 1. The summed E-state index contributed by atoms with van der Waals surface area (Å²) in [7, 11) is 0. The summed E-state index contributed by atoms with van der Waals surface area (Å²) in [5.41, 5.74) is 2.20. The summed E-state index contributed by atoms with van der Waals surface area (Å²) in [4.78, 5) is 41.7. The number of H-pyrrole nitrogens is 1. The Hall–Kier alpha value is -2.71. The highest BCUT2D eigenvalue weighted by Crippen LogP contribution is 2.56. The lowest BCUT2D eigenvalue weighted by atomic mass is 9.78. The van der Waals surface area contributed by atoms with E-state index in [1.165, 1.54) is 0 Å². The fourth-order valence-electron chi connectivity index (χ4n) is 6.54. The molecule has 0 unspecified atom stereocenters. The second-order valence-electron chi connectivity index (χ2n) is 9.52. The first-order valence-electron chi connectivity index (χ1n) is 11.8. The van der Waals surface area contributed by atoms with Crippen molar-refractivity contribution in [2.24, 2.45) is 5.92 Å². The SMILES string of the molecule is O=C1NCCCN(Cc2cnc[nH]2)CCN2C(=O)[C@@]3(c4ccccc42)[C@@H]1C[C@@H]1CCCN13. The minimum atomic E-state index is -0.852. The van der Waals surface area contributed by atoms with Gasteiger partial charge in [0.1, 0.15) is 5.54 Å². The minimum absolute atomic E-state index is 0.0325. The Morgan fingerprint density at radius 3 is 2.88 bits per heavy atom. The van der Waals surface area contributed by atoms with Crippen molar-refractivity contribution in [3.8, 4) is 0 Å². The zero-order valence-electron chi connectivity index (χ0n) is 18.3. The predicted molar refractivity (Wildman–Crippen MR) is 120 cm³/mol. The number of para-hydroxylation sites is 1. The Balaban J connectivity index is 1.40. The van der Waals surface area contributed by atoms with E-state index in [1.807, 2.05) is 23.2 Å². The summed E-state index contributed by atoms with van der Waals surface area (Å²) < 4.78 is 0. The average molecular weight is 435 g/mol. The van der Waals surface area contributed by atoms with Gasteiger partial charge in [0, 0.05) is 61.9 Å². The van der Waals surface area contributed by atoms with Crippen LogP contribution in [-0.2, 0) is 21.7 Å². The van der Waals surface area contributed by atoms with E-state index in [4.69, 9.17) is 0 Å². The number of aromatic nitrogens is 2. The van der Waals surface area contributed by atoms with Crippen LogP contribution >= 0.6 is 0 Å². The number of carbonyl (C=O) groups is 2. The number of amides is 2. The summed E-state index contributed by atoms with van der Waals surface area (Å²) >= 11 is 0. The number of hydrogen-bond donors (Lipinski definition) is 2. The first kappa shape index (κ1) is 19.9. The molecule has 0 saturated carbocycles. The van der Waals surface area contributed by atoms with E-state index < -0.39 is 5.54 Å². The van der Waals surface area contributed by atoms with Crippen LogP contribution in [0.4, 0.5) is 5.69 Å². The molecule has 32 heavy (non-hydrogen) atoms. The molecule has 8 nitrogen and oxygen atoms in total. The standard InChI is InChI=1S/C24H30N6O2/c31-22-20-13-18-5-3-10-30(18)24(20)19-6-1-2-7-21(19)29(23(24)32)12-11-28(9-4-8-26-22)15-17-14-25-16-27-17/h1-2,6-7,14,16,18,20H,3-5,8-13,15H2,(H,25,27)(H,26,31)/t18-,20+,24+/m0/s1. The first-order chi connectivity index (χ1) is 15.7. The van der Waals surface area contributed by atoms with Crippen LogP contribution in [0, 0.1) is 5.92 Å². The maximum atomic E-state index is 14.3. The Morgan fingerprint density at radius 1 is 1.09 bits per heavy atom. The molecule has 168 valence electrons. The van der Waals surface area contributed by atoms with Gasteiger partial charge in [-0.3, -0.25) is 19.4 Å².